The Hall–Kier alpha value is -2.57. The molecule has 0 atom stereocenters. The van der Waals surface area contributed by atoms with Crippen LogP contribution in [0.25, 0.3) is 0 Å². The van der Waals surface area contributed by atoms with Crippen LogP contribution in [0.2, 0.25) is 5.02 Å². The van der Waals surface area contributed by atoms with Gasteiger partial charge in [-0.3, -0.25) is 9.59 Å². The number of Topliss-reactive ketones (excluding diaryl/α,β-unsaturated/α-hetero) is 1. The number of halogens is 1. The van der Waals surface area contributed by atoms with Gasteiger partial charge in [-0.25, -0.2) is 0 Å². The van der Waals surface area contributed by atoms with Gasteiger partial charge < -0.3 is 19.5 Å². The summed E-state index contributed by atoms with van der Waals surface area (Å²) in [4.78, 5) is 26.6. The van der Waals surface area contributed by atoms with Crippen molar-refractivity contribution in [3.05, 3.63) is 58.6 Å². The van der Waals surface area contributed by atoms with Crippen LogP contribution in [0.4, 0.5) is 0 Å². The first-order chi connectivity index (χ1) is 14.7. The molecule has 1 N–H and O–H groups in total. The fourth-order valence-corrected chi connectivity index (χ4v) is 4.26. The zero-order valence-electron chi connectivity index (χ0n) is 17.7. The largest absolute Gasteiger partial charge is 0.486 e. The predicted molar refractivity (Wildman–Crippen MR) is 117 cm³/mol. The third-order valence-electron chi connectivity index (χ3n) is 5.91. The third kappa shape index (κ3) is 4.70. The Labute approximate surface area is 186 Å². The van der Waals surface area contributed by atoms with Gasteiger partial charge in [0.05, 0.1) is 17.6 Å². The van der Waals surface area contributed by atoms with Gasteiger partial charge in [0.25, 0.3) is 5.91 Å². The second kappa shape index (κ2) is 8.17. The predicted octanol–water partition coefficient (Wildman–Crippen LogP) is 3.97. The minimum absolute atomic E-state index is 0.0374. The third-order valence-corrected chi connectivity index (χ3v) is 6.17. The highest BCUT2D eigenvalue weighted by molar-refractivity contribution is 6.30. The summed E-state index contributed by atoms with van der Waals surface area (Å²) in [6.07, 6.45) is 1.23. The van der Waals surface area contributed by atoms with Crippen molar-refractivity contribution in [2.75, 3.05) is 19.7 Å². The minimum atomic E-state index is -0.961. The first kappa shape index (κ1) is 21.7. The molecule has 31 heavy (non-hydrogen) atoms. The van der Waals surface area contributed by atoms with E-state index < -0.39 is 11.2 Å². The maximum absolute atomic E-state index is 12.6. The van der Waals surface area contributed by atoms with Crippen LogP contribution in [0.1, 0.15) is 49.0 Å². The molecule has 0 bridgehead atoms. The molecule has 1 amide bonds. The number of piperidine rings is 1. The molecule has 1 fully saturated rings. The summed E-state index contributed by atoms with van der Waals surface area (Å²) >= 11 is 5.93. The quantitative estimate of drug-likeness (QED) is 0.773. The fourth-order valence-electron chi connectivity index (χ4n) is 4.13. The molecule has 2 aliphatic heterocycles. The van der Waals surface area contributed by atoms with Crippen LogP contribution in [-0.2, 0) is 10.4 Å². The van der Waals surface area contributed by atoms with E-state index in [2.05, 4.69) is 0 Å². The molecule has 0 aliphatic carbocycles. The highest BCUT2D eigenvalue weighted by Crippen LogP contribution is 2.36. The number of carbonyl (C=O) groups is 2. The number of benzene rings is 2. The number of fused-ring (bicyclic) bond motifs is 1. The van der Waals surface area contributed by atoms with Crippen molar-refractivity contribution in [1.29, 1.82) is 0 Å². The molecule has 2 aromatic rings. The number of aliphatic hydroxyl groups is 1. The molecule has 164 valence electrons. The number of likely N-dealkylation sites (tertiary alicyclic amines) is 1. The summed E-state index contributed by atoms with van der Waals surface area (Å²) in [5.41, 5.74) is -0.174. The van der Waals surface area contributed by atoms with Crippen molar-refractivity contribution in [2.45, 2.75) is 44.3 Å². The average Bonchev–Trinajstić information content (AvgIpc) is 2.72. The van der Waals surface area contributed by atoms with Gasteiger partial charge in [-0.15, -0.1) is 0 Å². The van der Waals surface area contributed by atoms with E-state index in [0.717, 1.165) is 5.56 Å². The van der Waals surface area contributed by atoms with E-state index in [-0.39, 0.29) is 18.3 Å². The van der Waals surface area contributed by atoms with E-state index in [1.165, 1.54) is 0 Å². The number of nitrogens with zero attached hydrogens (tertiary/aromatic N) is 1. The number of carbonyl (C=O) groups excluding carboxylic acids is 2. The number of ketones is 1. The second-order valence-corrected chi connectivity index (χ2v) is 9.26. The van der Waals surface area contributed by atoms with Gasteiger partial charge in [0.1, 0.15) is 17.1 Å². The van der Waals surface area contributed by atoms with Gasteiger partial charge in [-0.1, -0.05) is 23.7 Å². The smallest absolute Gasteiger partial charge is 0.260 e. The van der Waals surface area contributed by atoms with Crippen molar-refractivity contribution >= 4 is 23.3 Å². The van der Waals surface area contributed by atoms with Crippen LogP contribution < -0.4 is 9.47 Å². The SMILES string of the molecule is CC1(C)CC(=O)c2ccc(OCC(=O)N3CCC(O)(c4ccc(Cl)cc4)CC3)cc2O1. The normalized spacial score (nSPS) is 19.4. The lowest BCUT2D eigenvalue weighted by Gasteiger charge is -2.38. The zero-order valence-corrected chi connectivity index (χ0v) is 18.4. The fraction of sp³-hybridized carbons (Fsp3) is 0.417. The van der Waals surface area contributed by atoms with E-state index in [4.69, 9.17) is 21.1 Å². The standard InChI is InChI=1S/C24H26ClNO5/c1-23(2)14-20(27)19-8-7-18(13-21(19)31-23)30-15-22(28)26-11-9-24(29,10-12-26)16-3-5-17(25)6-4-16/h3-8,13,29H,9-12,14-15H2,1-2H3. The average molecular weight is 444 g/mol. The number of rotatable bonds is 4. The molecule has 2 heterocycles. The topological polar surface area (TPSA) is 76.1 Å². The monoisotopic (exact) mass is 443 g/mol. The molecule has 0 radical (unpaired) electrons. The second-order valence-electron chi connectivity index (χ2n) is 8.83. The Morgan fingerprint density at radius 1 is 1.16 bits per heavy atom. The maximum Gasteiger partial charge on any atom is 0.260 e. The van der Waals surface area contributed by atoms with Crippen LogP contribution in [0.3, 0.4) is 0 Å². The van der Waals surface area contributed by atoms with Gasteiger partial charge in [0, 0.05) is 24.2 Å². The van der Waals surface area contributed by atoms with E-state index >= 15 is 0 Å². The maximum atomic E-state index is 12.6. The van der Waals surface area contributed by atoms with Crippen LogP contribution in [0.15, 0.2) is 42.5 Å². The number of ether oxygens (including phenoxy) is 2. The Bertz CT molecular complexity index is 994. The van der Waals surface area contributed by atoms with E-state index in [1.54, 1.807) is 35.2 Å². The lowest BCUT2D eigenvalue weighted by Crippen LogP contribution is -2.46. The van der Waals surface area contributed by atoms with Crippen LogP contribution >= 0.6 is 11.6 Å². The van der Waals surface area contributed by atoms with Gasteiger partial charge in [-0.05, 0) is 56.5 Å². The molecule has 1 saturated heterocycles. The molecule has 0 aromatic heterocycles. The molecule has 7 heteroatoms. The lowest BCUT2D eigenvalue weighted by molar-refractivity contribution is -0.137. The summed E-state index contributed by atoms with van der Waals surface area (Å²) in [6, 6.07) is 12.2. The Kier molecular flexibility index (Phi) is 5.71. The molecule has 4 rings (SSSR count). The van der Waals surface area contributed by atoms with Crippen molar-refractivity contribution in [3.63, 3.8) is 0 Å². The number of amides is 1. The molecule has 2 aromatic carbocycles. The molecule has 6 nitrogen and oxygen atoms in total. The summed E-state index contributed by atoms with van der Waals surface area (Å²) < 4.78 is 11.6. The number of hydrogen-bond acceptors (Lipinski definition) is 5. The molecule has 0 saturated carbocycles. The first-order valence-electron chi connectivity index (χ1n) is 10.4. The molecular formula is C24H26ClNO5. The summed E-state index contributed by atoms with van der Waals surface area (Å²) in [5, 5.41) is 11.6. The summed E-state index contributed by atoms with van der Waals surface area (Å²) in [5.74, 6) is 0.855. The molecule has 2 aliphatic rings. The Morgan fingerprint density at radius 3 is 2.52 bits per heavy atom. The highest BCUT2D eigenvalue weighted by Gasteiger charge is 2.36. The molecule has 0 spiro atoms. The summed E-state index contributed by atoms with van der Waals surface area (Å²) in [6.45, 7) is 4.50. The van der Waals surface area contributed by atoms with Crippen molar-refractivity contribution in [2.24, 2.45) is 0 Å². The minimum Gasteiger partial charge on any atom is -0.486 e. The van der Waals surface area contributed by atoms with Crippen molar-refractivity contribution in [1.82, 2.24) is 4.90 Å². The van der Waals surface area contributed by atoms with Gasteiger partial charge in [-0.2, -0.15) is 0 Å². The zero-order chi connectivity index (χ0) is 22.2. The van der Waals surface area contributed by atoms with E-state index in [9.17, 15) is 14.7 Å². The highest BCUT2D eigenvalue weighted by atomic mass is 35.5. The molecular weight excluding hydrogens is 418 g/mol. The van der Waals surface area contributed by atoms with E-state index in [1.807, 2.05) is 26.0 Å². The van der Waals surface area contributed by atoms with Crippen molar-refractivity contribution in [3.8, 4) is 11.5 Å². The van der Waals surface area contributed by atoms with Gasteiger partial charge in [0.2, 0.25) is 0 Å². The van der Waals surface area contributed by atoms with E-state index in [0.29, 0.717) is 54.4 Å². The van der Waals surface area contributed by atoms with Gasteiger partial charge in [0.15, 0.2) is 12.4 Å². The summed E-state index contributed by atoms with van der Waals surface area (Å²) in [7, 11) is 0. The van der Waals surface area contributed by atoms with Gasteiger partial charge >= 0.3 is 0 Å². The number of hydrogen-bond donors (Lipinski definition) is 1. The molecule has 0 unspecified atom stereocenters. The lowest BCUT2D eigenvalue weighted by atomic mass is 9.84. The van der Waals surface area contributed by atoms with Crippen molar-refractivity contribution < 1.29 is 24.2 Å². The van der Waals surface area contributed by atoms with Crippen LogP contribution in [0, 0.1) is 0 Å². The Balaban J connectivity index is 1.34. The first-order valence-corrected chi connectivity index (χ1v) is 10.8. The van der Waals surface area contributed by atoms with Crippen LogP contribution in [-0.4, -0.2) is 47.0 Å². The Morgan fingerprint density at radius 2 is 1.84 bits per heavy atom. The van der Waals surface area contributed by atoms with Crippen LogP contribution in [0.5, 0.6) is 11.5 Å².